The van der Waals surface area contributed by atoms with Crippen molar-refractivity contribution in [1.29, 1.82) is 0 Å². The van der Waals surface area contributed by atoms with Crippen LogP contribution in [-0.4, -0.2) is 33.8 Å². The van der Waals surface area contributed by atoms with E-state index in [4.69, 9.17) is 0 Å². The first kappa shape index (κ1) is 24.5. The van der Waals surface area contributed by atoms with Gasteiger partial charge in [-0.1, -0.05) is 18.2 Å². The first-order chi connectivity index (χ1) is 4.43. The second-order valence-corrected chi connectivity index (χ2v) is 2.02. The van der Waals surface area contributed by atoms with E-state index in [9.17, 15) is 0 Å². The minimum absolute atomic E-state index is 0. The molecule has 1 aromatic carbocycles. The Morgan fingerprint density at radius 3 is 1.85 bits per heavy atom. The summed E-state index contributed by atoms with van der Waals surface area (Å²) < 4.78 is 0. The van der Waals surface area contributed by atoms with Gasteiger partial charge in [0.2, 0.25) is 0 Å². The predicted molar refractivity (Wildman–Crippen MR) is 44.3 cm³/mol. The van der Waals surface area contributed by atoms with Gasteiger partial charge in [0.1, 0.15) is 5.69 Å². The third-order valence-corrected chi connectivity index (χ3v) is 1.24. The number of rotatable bonds is 2. The number of hydrogen-bond acceptors (Lipinski definition) is 0. The fourth-order valence-electron chi connectivity index (χ4n) is 0.825. The van der Waals surface area contributed by atoms with Crippen molar-refractivity contribution in [3.63, 3.8) is 0 Å². The van der Waals surface area contributed by atoms with Gasteiger partial charge in [-0.15, -0.1) is 0 Å². The summed E-state index contributed by atoms with van der Waals surface area (Å²) in [5, 5.41) is 2.21. The van der Waals surface area contributed by atoms with Crippen LogP contribution in [0.4, 0.5) is 5.69 Å². The van der Waals surface area contributed by atoms with Gasteiger partial charge in [-0.3, -0.25) is 0 Å². The maximum Gasteiger partial charge on any atom is 2.00 e. The molecule has 1 nitrogen and oxygen atoms in total. The Bertz CT molecular complexity index is 172. The summed E-state index contributed by atoms with van der Waals surface area (Å²) in [6.45, 7) is 3.26. The molecule has 0 spiro atoms. The fourth-order valence-corrected chi connectivity index (χ4v) is 0.825. The van der Waals surface area contributed by atoms with Gasteiger partial charge in [-0.25, -0.2) is 0 Å². The molecule has 0 fully saturated rings. The third kappa shape index (κ3) is 12.2. The van der Waals surface area contributed by atoms with Gasteiger partial charge in [0.25, 0.3) is 0 Å². The first-order valence-electron chi connectivity index (χ1n) is 3.31. The van der Waals surface area contributed by atoms with Crippen molar-refractivity contribution in [2.24, 2.45) is 0 Å². The molecule has 0 saturated heterocycles. The van der Waals surface area contributed by atoms with Crippen LogP contribution in [0.1, 0.15) is 6.92 Å². The average Bonchev–Trinajstić information content (AvgIpc) is 1.91. The summed E-state index contributed by atoms with van der Waals surface area (Å²) >= 11 is 0. The summed E-state index contributed by atoms with van der Waals surface area (Å²) in [5.41, 5.74) is 1.32. The molecular formula is C8H12I3NPb. The molecule has 74 valence electrons. The van der Waals surface area contributed by atoms with Crippen LogP contribution in [0, 0.1) is 0 Å². The van der Waals surface area contributed by atoms with Crippen molar-refractivity contribution in [2.45, 2.75) is 6.92 Å². The second-order valence-electron chi connectivity index (χ2n) is 2.02. The fraction of sp³-hybridized carbons (Fsp3) is 0.250. The molecule has 0 saturated carbocycles. The number of quaternary nitrogens is 1. The molecule has 0 atom stereocenters. The van der Waals surface area contributed by atoms with E-state index in [0.29, 0.717) is 0 Å². The third-order valence-electron chi connectivity index (χ3n) is 1.24. The molecule has 1 rings (SSSR count). The predicted octanol–water partition coefficient (Wildman–Crippen LogP) is -8.47. The van der Waals surface area contributed by atoms with E-state index < -0.39 is 0 Å². The minimum atomic E-state index is 0. The second kappa shape index (κ2) is 16.7. The van der Waals surface area contributed by atoms with Crippen molar-refractivity contribution in [2.75, 3.05) is 6.54 Å². The Morgan fingerprint density at radius 2 is 1.46 bits per heavy atom. The Hall–Kier alpha value is 2.29. The van der Waals surface area contributed by atoms with E-state index in [0.717, 1.165) is 6.54 Å². The van der Waals surface area contributed by atoms with Crippen LogP contribution in [0.3, 0.4) is 0 Å². The summed E-state index contributed by atoms with van der Waals surface area (Å²) in [6.07, 6.45) is 0. The number of nitrogens with two attached hydrogens (primary N) is 1. The van der Waals surface area contributed by atoms with Crippen LogP contribution in [-0.2, 0) is 0 Å². The van der Waals surface area contributed by atoms with E-state index in [1.54, 1.807) is 0 Å². The number of benzene rings is 1. The summed E-state index contributed by atoms with van der Waals surface area (Å²) in [6, 6.07) is 10.4. The first-order valence-corrected chi connectivity index (χ1v) is 3.31. The normalized spacial score (nSPS) is 6.54. The van der Waals surface area contributed by atoms with Gasteiger partial charge in [0, 0.05) is 0 Å². The molecular weight excluding hydrogens is 698 g/mol. The molecule has 13 heavy (non-hydrogen) atoms. The van der Waals surface area contributed by atoms with E-state index >= 15 is 0 Å². The summed E-state index contributed by atoms with van der Waals surface area (Å²) in [5.74, 6) is 0. The number of hydrogen-bond donors (Lipinski definition) is 1. The van der Waals surface area contributed by atoms with Gasteiger partial charge >= 0.3 is 27.3 Å². The molecule has 0 unspecified atom stereocenters. The van der Waals surface area contributed by atoms with E-state index in [1.807, 2.05) is 6.07 Å². The van der Waals surface area contributed by atoms with Crippen LogP contribution < -0.4 is 77.2 Å². The SMILES string of the molecule is CC[NH2+]c1ccccc1.[I-].[I-].[I-].[Pb+2]. The van der Waals surface area contributed by atoms with Crippen LogP contribution in [0.25, 0.3) is 0 Å². The Kier molecular flexibility index (Phi) is 31.5. The van der Waals surface area contributed by atoms with Crippen molar-refractivity contribution in [3.05, 3.63) is 30.3 Å². The van der Waals surface area contributed by atoms with Crippen molar-refractivity contribution in [3.8, 4) is 0 Å². The van der Waals surface area contributed by atoms with Crippen molar-refractivity contribution < 1.29 is 77.2 Å². The molecule has 0 aliphatic rings. The molecule has 1 aromatic rings. The zero-order valence-electron chi connectivity index (χ0n) is 7.31. The monoisotopic (exact) mass is 711 g/mol. The van der Waals surface area contributed by atoms with Crippen LogP contribution in [0.2, 0.25) is 0 Å². The Morgan fingerprint density at radius 1 is 1.00 bits per heavy atom. The molecule has 0 heterocycles. The quantitative estimate of drug-likeness (QED) is 0.179. The van der Waals surface area contributed by atoms with E-state index in [2.05, 4.69) is 36.5 Å². The Balaban J connectivity index is -0.000000101. The minimum Gasteiger partial charge on any atom is -1.00 e. The molecule has 0 aromatic heterocycles. The number of halogens is 3. The van der Waals surface area contributed by atoms with Gasteiger partial charge in [-0.2, -0.15) is 0 Å². The van der Waals surface area contributed by atoms with E-state index in [-0.39, 0.29) is 99.2 Å². The van der Waals surface area contributed by atoms with Crippen LogP contribution in [0.15, 0.2) is 30.3 Å². The van der Waals surface area contributed by atoms with Gasteiger partial charge in [0.15, 0.2) is 0 Å². The largest absolute Gasteiger partial charge is 2.00 e. The molecule has 0 bridgehead atoms. The maximum absolute atomic E-state index is 2.21. The Labute approximate surface area is 151 Å². The van der Waals surface area contributed by atoms with Crippen LogP contribution in [0.5, 0.6) is 0 Å². The molecule has 0 amide bonds. The van der Waals surface area contributed by atoms with Crippen molar-refractivity contribution in [1.82, 2.24) is 0 Å². The van der Waals surface area contributed by atoms with Crippen molar-refractivity contribution >= 4 is 33.0 Å². The zero-order valence-corrected chi connectivity index (χ0v) is 17.7. The smallest absolute Gasteiger partial charge is 1.00 e. The van der Waals surface area contributed by atoms with Crippen LogP contribution >= 0.6 is 0 Å². The standard InChI is InChI=1S/C8H11N.3HI.Pb/c1-2-9-8-6-4-3-5-7-8;;;;/h3-7,9H,2H2,1H3;3*1H;/q;;;;+2/p-2. The molecule has 5 heteroatoms. The molecule has 0 aliphatic carbocycles. The van der Waals surface area contributed by atoms with Gasteiger partial charge < -0.3 is 77.2 Å². The average molecular weight is 710 g/mol. The molecule has 0 aliphatic heterocycles. The topological polar surface area (TPSA) is 16.6 Å². The van der Waals surface area contributed by atoms with Gasteiger partial charge in [0.05, 0.1) is 6.54 Å². The zero-order chi connectivity index (χ0) is 6.53. The summed E-state index contributed by atoms with van der Waals surface area (Å²) in [4.78, 5) is 0. The number of para-hydroxylation sites is 1. The molecule has 2 N–H and O–H groups in total. The van der Waals surface area contributed by atoms with Gasteiger partial charge in [-0.05, 0) is 19.1 Å². The maximum atomic E-state index is 2.21. The van der Waals surface area contributed by atoms with E-state index in [1.165, 1.54) is 5.69 Å². The molecule has 2 radical (unpaired) electrons. The summed E-state index contributed by atoms with van der Waals surface area (Å²) in [7, 11) is 0.